The first kappa shape index (κ1) is 28.1. The lowest BCUT2D eigenvalue weighted by Gasteiger charge is -2.14. The van der Waals surface area contributed by atoms with Crippen LogP contribution < -0.4 is 11.1 Å². The summed E-state index contributed by atoms with van der Waals surface area (Å²) in [4.78, 5) is 33.8. The van der Waals surface area contributed by atoms with Crippen LogP contribution in [0.3, 0.4) is 0 Å². The quantitative estimate of drug-likeness (QED) is 0.230. The SMILES string of the molecule is CC(C)C1Cc2nc3cc(Br)ccc3c(=O)n2C1.CC(C)C1Cn2c(nc3cc(Br)ccc3c2=O)C1F.[2H]CF. The molecule has 4 aromatic rings. The molecule has 2 aromatic heterocycles. The maximum Gasteiger partial charge on any atom is 0.261 e. The van der Waals surface area contributed by atoms with Crippen LogP contribution in [0.4, 0.5) is 8.78 Å². The monoisotopic (exact) mass is 665 g/mol. The fourth-order valence-electron chi connectivity index (χ4n) is 5.21. The van der Waals surface area contributed by atoms with Crippen LogP contribution in [0.1, 0.15) is 46.9 Å². The molecular weight excluding hydrogens is 634 g/mol. The Morgan fingerprint density at radius 1 is 0.897 bits per heavy atom. The molecule has 6 rings (SSSR count). The van der Waals surface area contributed by atoms with E-state index in [1.54, 1.807) is 18.2 Å². The first-order valence-corrected chi connectivity index (χ1v) is 14.4. The minimum atomic E-state index is -1.16. The summed E-state index contributed by atoms with van der Waals surface area (Å²) in [6.45, 7) is 9.60. The van der Waals surface area contributed by atoms with Gasteiger partial charge >= 0.3 is 0 Å². The second-order valence-electron chi connectivity index (χ2n) is 10.7. The van der Waals surface area contributed by atoms with Gasteiger partial charge in [-0.1, -0.05) is 59.6 Å². The van der Waals surface area contributed by atoms with E-state index in [0.29, 0.717) is 34.7 Å². The van der Waals surface area contributed by atoms with Crippen molar-refractivity contribution in [1.82, 2.24) is 19.1 Å². The summed E-state index contributed by atoms with van der Waals surface area (Å²) in [6.07, 6.45) is -0.244. The van der Waals surface area contributed by atoms with Gasteiger partial charge in [-0.05, 0) is 54.2 Å². The summed E-state index contributed by atoms with van der Waals surface area (Å²) in [5.74, 6) is 2.34. The number of aromatic nitrogens is 4. The highest BCUT2D eigenvalue weighted by atomic mass is 79.9. The molecule has 6 nitrogen and oxygen atoms in total. The van der Waals surface area contributed by atoms with Crippen molar-refractivity contribution in [3.05, 3.63) is 77.7 Å². The number of rotatable bonds is 2. The van der Waals surface area contributed by atoms with E-state index in [9.17, 15) is 18.4 Å². The van der Waals surface area contributed by atoms with Gasteiger partial charge in [-0.3, -0.25) is 23.1 Å². The highest BCUT2D eigenvalue weighted by Crippen LogP contribution is 2.37. The van der Waals surface area contributed by atoms with Gasteiger partial charge in [0, 0.05) is 34.4 Å². The Bertz CT molecular complexity index is 1660. The van der Waals surface area contributed by atoms with Gasteiger partial charge in [-0.2, -0.15) is 0 Å². The van der Waals surface area contributed by atoms with Gasteiger partial charge < -0.3 is 0 Å². The van der Waals surface area contributed by atoms with Crippen LogP contribution in [0.2, 0.25) is 0 Å². The smallest absolute Gasteiger partial charge is 0.261 e. The van der Waals surface area contributed by atoms with E-state index in [0.717, 1.165) is 33.3 Å². The van der Waals surface area contributed by atoms with Crippen molar-refractivity contribution in [2.45, 2.75) is 53.4 Å². The van der Waals surface area contributed by atoms with E-state index in [1.165, 1.54) is 4.57 Å². The summed E-state index contributed by atoms with van der Waals surface area (Å²) in [6, 6.07) is 11.0. The molecule has 0 aliphatic carbocycles. The normalized spacial score (nSPS) is 19.8. The molecule has 2 aliphatic rings. The van der Waals surface area contributed by atoms with Crippen LogP contribution in [0.15, 0.2) is 54.9 Å². The summed E-state index contributed by atoms with van der Waals surface area (Å²) in [7, 11) is -1.00. The highest BCUT2D eigenvalue weighted by Gasteiger charge is 2.37. The standard InChI is InChI=1S/C14H14BrFN2O.C14H15BrN2O.CH3F/c1-7(2)10-6-18-13(12(10)16)17-11-5-8(15)3-4-9(11)14(18)19;1-8(2)9-5-13-16-12-6-10(15)3-4-11(12)14(18)17(13)7-9;1-2/h3-5,7,10,12H,6H2,1-2H3;3-4,6,8-9H,5,7H2,1-2H3;1H3/i;;1D. The lowest BCUT2D eigenvalue weighted by Crippen LogP contribution is -2.22. The first-order chi connectivity index (χ1) is 19.0. The van der Waals surface area contributed by atoms with Crippen LogP contribution in [-0.2, 0) is 19.5 Å². The van der Waals surface area contributed by atoms with Crippen LogP contribution in [0, 0.1) is 23.7 Å². The van der Waals surface area contributed by atoms with Gasteiger partial charge in [0.25, 0.3) is 11.1 Å². The zero-order valence-electron chi connectivity index (χ0n) is 23.3. The second-order valence-corrected chi connectivity index (χ2v) is 12.5. The molecule has 0 bridgehead atoms. The molecule has 0 N–H and O–H groups in total. The fourth-order valence-corrected chi connectivity index (χ4v) is 5.90. The van der Waals surface area contributed by atoms with Crippen molar-refractivity contribution in [2.75, 3.05) is 7.15 Å². The van der Waals surface area contributed by atoms with Crippen molar-refractivity contribution in [3.63, 3.8) is 0 Å². The number of alkyl halides is 2. The molecule has 0 saturated heterocycles. The van der Waals surface area contributed by atoms with Crippen LogP contribution in [0.5, 0.6) is 0 Å². The van der Waals surface area contributed by atoms with Crippen LogP contribution in [0.25, 0.3) is 21.8 Å². The Balaban J connectivity index is 0.000000169. The molecule has 39 heavy (non-hydrogen) atoms. The molecule has 0 fully saturated rings. The highest BCUT2D eigenvalue weighted by molar-refractivity contribution is 9.10. The van der Waals surface area contributed by atoms with E-state index in [1.807, 2.05) is 36.6 Å². The van der Waals surface area contributed by atoms with Gasteiger partial charge in [0.1, 0.15) is 11.6 Å². The third kappa shape index (κ3) is 5.73. The Labute approximate surface area is 244 Å². The van der Waals surface area contributed by atoms with Gasteiger partial charge in [-0.15, -0.1) is 0 Å². The van der Waals surface area contributed by atoms with Gasteiger partial charge in [0.15, 0.2) is 6.17 Å². The molecule has 2 aromatic carbocycles. The number of halogens is 4. The minimum Gasteiger partial charge on any atom is -0.296 e. The van der Waals surface area contributed by atoms with Crippen molar-refractivity contribution in [3.8, 4) is 0 Å². The van der Waals surface area contributed by atoms with E-state index < -0.39 is 13.3 Å². The average Bonchev–Trinajstić information content (AvgIpc) is 3.47. The van der Waals surface area contributed by atoms with Crippen molar-refractivity contribution in [2.24, 2.45) is 23.7 Å². The Hall–Kier alpha value is -2.46. The Kier molecular flexibility index (Phi) is 8.61. The summed E-state index contributed by atoms with van der Waals surface area (Å²) < 4.78 is 35.0. The molecule has 3 atom stereocenters. The zero-order valence-corrected chi connectivity index (χ0v) is 25.5. The molecule has 0 saturated carbocycles. The van der Waals surface area contributed by atoms with Crippen molar-refractivity contribution in [1.29, 1.82) is 0 Å². The van der Waals surface area contributed by atoms with Crippen molar-refractivity contribution < 1.29 is 10.2 Å². The van der Waals surface area contributed by atoms with Crippen LogP contribution >= 0.6 is 31.9 Å². The van der Waals surface area contributed by atoms with E-state index >= 15 is 0 Å². The third-order valence-electron chi connectivity index (χ3n) is 7.62. The second kappa shape index (κ2) is 12.0. The van der Waals surface area contributed by atoms with Gasteiger partial charge in [-0.25, -0.2) is 14.4 Å². The maximum absolute atomic E-state index is 14.4. The topological polar surface area (TPSA) is 69.8 Å². The van der Waals surface area contributed by atoms with Crippen molar-refractivity contribution >= 4 is 53.7 Å². The predicted octanol–water partition coefficient (Wildman–Crippen LogP) is 7.03. The third-order valence-corrected chi connectivity index (χ3v) is 8.61. The van der Waals surface area contributed by atoms with Crippen LogP contribution in [-0.4, -0.2) is 26.3 Å². The molecule has 2 aliphatic heterocycles. The molecule has 208 valence electrons. The minimum absolute atomic E-state index is 0.102. The molecule has 4 heterocycles. The number of hydrogen-bond donors (Lipinski definition) is 0. The summed E-state index contributed by atoms with van der Waals surface area (Å²) in [5, 5.41) is 1.26. The molecule has 10 heteroatoms. The van der Waals surface area contributed by atoms with E-state index in [2.05, 4.69) is 55.7 Å². The Morgan fingerprint density at radius 3 is 1.97 bits per heavy atom. The lowest BCUT2D eigenvalue weighted by molar-refractivity contribution is 0.197. The molecule has 3 unspecified atom stereocenters. The molecular formula is C29H32Br2F2N4O2. The Morgan fingerprint density at radius 2 is 1.44 bits per heavy atom. The number of fused-ring (bicyclic) bond motifs is 4. The summed E-state index contributed by atoms with van der Waals surface area (Å²) >= 11 is 6.77. The molecule has 0 spiro atoms. The fraction of sp³-hybridized carbons (Fsp3) is 0.448. The molecule has 0 radical (unpaired) electrons. The van der Waals surface area contributed by atoms with Gasteiger partial charge in [0.2, 0.25) is 0 Å². The number of hydrogen-bond acceptors (Lipinski definition) is 4. The van der Waals surface area contributed by atoms with Gasteiger partial charge in [0.05, 0.1) is 30.3 Å². The first-order valence-electron chi connectivity index (χ1n) is 13.6. The van der Waals surface area contributed by atoms with E-state index in [-0.39, 0.29) is 28.8 Å². The van der Waals surface area contributed by atoms with E-state index in [4.69, 9.17) is 1.37 Å². The molecule has 0 amide bonds. The lowest BCUT2D eigenvalue weighted by atomic mass is 9.93. The maximum atomic E-state index is 14.4. The number of benzene rings is 2. The average molecular weight is 667 g/mol. The predicted molar refractivity (Wildman–Crippen MR) is 159 cm³/mol. The number of nitrogens with zero attached hydrogens (tertiary/aromatic N) is 4. The zero-order chi connectivity index (χ0) is 29.3. The largest absolute Gasteiger partial charge is 0.296 e. The summed E-state index contributed by atoms with van der Waals surface area (Å²) in [5.41, 5.74) is 1.31.